The molecule has 0 radical (unpaired) electrons. The third-order valence-electron chi connectivity index (χ3n) is 10.7. The number of nitrogens with one attached hydrogen (secondary N) is 1. The van der Waals surface area contributed by atoms with E-state index >= 15 is 0 Å². The lowest BCUT2D eigenvalue weighted by atomic mass is 9.87. The first kappa shape index (κ1) is 50.6. The van der Waals surface area contributed by atoms with Crippen molar-refractivity contribution in [3.63, 3.8) is 0 Å². The molecule has 1 heterocycles. The van der Waals surface area contributed by atoms with Gasteiger partial charge in [0.1, 0.15) is 34.9 Å². The lowest BCUT2D eigenvalue weighted by molar-refractivity contribution is 0.190. The Kier molecular flexibility index (Phi) is 15.4. The van der Waals surface area contributed by atoms with Crippen molar-refractivity contribution in [2.24, 2.45) is 0 Å². The van der Waals surface area contributed by atoms with E-state index < -0.39 is 12.9 Å². The zero-order valence-corrected chi connectivity index (χ0v) is 43.7. The minimum atomic E-state index is -3.52. The smallest absolute Gasteiger partial charge is 0.349 e. The van der Waals surface area contributed by atoms with Gasteiger partial charge in [0.2, 0.25) is 0 Å². The van der Waals surface area contributed by atoms with Crippen LogP contribution in [0.5, 0.6) is 23.0 Å². The van der Waals surface area contributed by atoms with Crippen LogP contribution < -0.4 is 10.1 Å². The van der Waals surface area contributed by atoms with Gasteiger partial charge in [0.15, 0.2) is 0 Å². The molecule has 8 nitrogen and oxygen atoms in total. The second kappa shape index (κ2) is 18.8. The molecule has 62 heavy (non-hydrogen) atoms. The Morgan fingerprint density at radius 3 is 1.00 bits per heavy atom. The van der Waals surface area contributed by atoms with Crippen molar-refractivity contribution in [2.75, 3.05) is 26.4 Å². The Hall–Kier alpha value is -2.41. The second-order valence-corrected chi connectivity index (χ2v) is 27.3. The molecule has 0 fully saturated rings. The van der Waals surface area contributed by atoms with Crippen molar-refractivity contribution in [3.8, 4) is 23.0 Å². The van der Waals surface area contributed by atoms with Crippen molar-refractivity contribution >= 4 is 54.6 Å². The lowest BCUT2D eigenvalue weighted by Gasteiger charge is -2.33. The first-order chi connectivity index (χ1) is 28.5. The highest BCUT2D eigenvalue weighted by Gasteiger charge is 2.43. The van der Waals surface area contributed by atoms with E-state index in [2.05, 4.69) is 101 Å². The van der Waals surface area contributed by atoms with E-state index in [1.54, 1.807) is 13.8 Å². The molecule has 0 aromatic heterocycles. The van der Waals surface area contributed by atoms with Crippen LogP contribution in [0.1, 0.15) is 133 Å². The SMILES string of the molecule is CCOP(=O)(OCC)C(C)(C)NCCOc1c2cc(C(C)(C)C)cc1Sc1cc(C(C)(C)C)cc(c1O)Sc1cc(C(C)(C)C)cc(c1O)Sc1cc(C(C)(C)C)cc(c1O)S2. The van der Waals surface area contributed by atoms with Gasteiger partial charge in [-0.2, -0.15) is 0 Å². The quantitative estimate of drug-likeness (QED) is 0.0789. The van der Waals surface area contributed by atoms with Crippen LogP contribution in [0.25, 0.3) is 0 Å². The van der Waals surface area contributed by atoms with Crippen molar-refractivity contribution < 1.29 is 33.7 Å². The van der Waals surface area contributed by atoms with E-state index in [9.17, 15) is 19.9 Å². The zero-order valence-electron chi connectivity index (χ0n) is 39.5. The molecule has 340 valence electrons. The number of hydrogen-bond donors (Lipinski definition) is 4. The van der Waals surface area contributed by atoms with E-state index in [0.29, 0.717) is 41.7 Å². The lowest BCUT2D eigenvalue weighted by Crippen LogP contribution is -2.42. The van der Waals surface area contributed by atoms with Crippen molar-refractivity contribution in [1.82, 2.24) is 5.32 Å². The first-order valence-electron chi connectivity index (χ1n) is 21.3. The number of aromatic hydroxyl groups is 3. The van der Waals surface area contributed by atoms with Gasteiger partial charge in [-0.15, -0.1) is 0 Å². The highest BCUT2D eigenvalue weighted by atomic mass is 32.2. The van der Waals surface area contributed by atoms with Crippen molar-refractivity contribution in [2.45, 2.75) is 177 Å². The molecule has 0 aliphatic carbocycles. The summed E-state index contributed by atoms with van der Waals surface area (Å²) in [6.45, 7) is 34.1. The molecule has 8 bridgehead atoms. The van der Waals surface area contributed by atoms with Crippen LogP contribution in [0.4, 0.5) is 0 Å². The van der Waals surface area contributed by atoms with Gasteiger partial charge < -0.3 is 29.1 Å². The molecule has 13 heteroatoms. The van der Waals surface area contributed by atoms with Crippen LogP contribution in [0.3, 0.4) is 0 Å². The predicted octanol–water partition coefficient (Wildman–Crippen LogP) is 14.9. The monoisotopic (exact) mass is 941 g/mol. The average Bonchev–Trinajstić information content (AvgIpc) is 3.13. The summed E-state index contributed by atoms with van der Waals surface area (Å²) in [6, 6.07) is 16.4. The summed E-state index contributed by atoms with van der Waals surface area (Å²) in [5, 5.41) is 39.1. The zero-order chi connectivity index (χ0) is 46.4. The number of phenols is 3. The molecule has 4 aromatic rings. The number of fused-ring (bicyclic) bond motifs is 8. The Bertz CT molecular complexity index is 2210. The van der Waals surface area contributed by atoms with Crippen molar-refractivity contribution in [1.29, 1.82) is 0 Å². The molecule has 4 aromatic carbocycles. The van der Waals surface area contributed by atoms with Crippen LogP contribution in [0.15, 0.2) is 87.7 Å². The molecule has 0 saturated heterocycles. The van der Waals surface area contributed by atoms with Gasteiger partial charge in [0.05, 0.1) is 52.4 Å². The fraction of sp³-hybridized carbons (Fsp3) is 0.510. The topological polar surface area (TPSA) is 117 Å². The fourth-order valence-electron chi connectivity index (χ4n) is 6.60. The molecule has 0 atom stereocenters. The Labute approximate surface area is 388 Å². The van der Waals surface area contributed by atoms with Crippen LogP contribution >= 0.6 is 54.6 Å². The molecule has 0 amide bonds. The third kappa shape index (κ3) is 11.5. The van der Waals surface area contributed by atoms with E-state index in [1.165, 1.54) is 47.0 Å². The fourth-order valence-corrected chi connectivity index (χ4v) is 12.8. The number of rotatable bonds is 10. The summed E-state index contributed by atoms with van der Waals surface area (Å²) >= 11 is 5.55. The summed E-state index contributed by atoms with van der Waals surface area (Å²) < 4.78 is 32.1. The summed E-state index contributed by atoms with van der Waals surface area (Å²) in [5.74, 6) is 0.912. The predicted molar refractivity (Wildman–Crippen MR) is 260 cm³/mol. The molecular weight excluding hydrogens is 874 g/mol. The maximum absolute atomic E-state index is 13.8. The summed E-state index contributed by atoms with van der Waals surface area (Å²) in [4.78, 5) is 5.33. The third-order valence-corrected chi connectivity index (χ3v) is 17.6. The van der Waals surface area contributed by atoms with Gasteiger partial charge in [-0.1, -0.05) is 130 Å². The van der Waals surface area contributed by atoms with Crippen LogP contribution in [-0.2, 0) is 35.3 Å². The number of benzene rings is 4. The highest BCUT2D eigenvalue weighted by Crippen LogP contribution is 2.59. The molecule has 5 rings (SSSR count). The highest BCUT2D eigenvalue weighted by molar-refractivity contribution is 8.01. The van der Waals surface area contributed by atoms with Crippen LogP contribution in [0.2, 0.25) is 0 Å². The molecule has 0 saturated carbocycles. The average molecular weight is 942 g/mol. The summed E-state index contributed by atoms with van der Waals surface area (Å²) in [7, 11) is -3.52. The minimum Gasteiger partial charge on any atom is -0.506 e. The maximum atomic E-state index is 13.8. The first-order valence-corrected chi connectivity index (χ1v) is 26.1. The van der Waals surface area contributed by atoms with E-state index in [0.717, 1.165) is 32.0 Å². The molecule has 1 aliphatic rings. The standard InChI is InChI=1S/C49H68NO7PS4/c1-17-56-58(54,57-18-2)49(15,16)50-19-20-55-44-39-27-32(48(12,13)14)28-40(44)62-38-26-31(47(9,10)11)24-36(43(38)53)60-34-22-29(45(3,4)5)21-33(41(34)51)59-35-23-30(46(6,7)8)25-37(61-39)42(35)52/h21-28,50-53H,17-20H2,1-16H3. The minimum absolute atomic E-state index is 0.0935. The van der Waals surface area contributed by atoms with Gasteiger partial charge >= 0.3 is 7.60 Å². The summed E-state index contributed by atoms with van der Waals surface area (Å²) in [5.41, 5.74) is 3.07. The van der Waals surface area contributed by atoms with Gasteiger partial charge in [-0.05, 0) is 120 Å². The summed E-state index contributed by atoms with van der Waals surface area (Å²) in [6.07, 6.45) is 0. The van der Waals surface area contributed by atoms with E-state index in [1.807, 2.05) is 50.2 Å². The largest absolute Gasteiger partial charge is 0.506 e. The number of hydrogen-bond acceptors (Lipinski definition) is 12. The van der Waals surface area contributed by atoms with Gasteiger partial charge in [-0.3, -0.25) is 9.88 Å². The van der Waals surface area contributed by atoms with Gasteiger partial charge in [0, 0.05) is 6.54 Å². The molecule has 0 spiro atoms. The maximum Gasteiger partial charge on any atom is 0.349 e. The van der Waals surface area contributed by atoms with Crippen molar-refractivity contribution in [3.05, 3.63) is 70.8 Å². The number of ether oxygens (including phenoxy) is 1. The van der Waals surface area contributed by atoms with Gasteiger partial charge in [-0.25, -0.2) is 0 Å². The Morgan fingerprint density at radius 1 is 0.484 bits per heavy atom. The Balaban J connectivity index is 1.80. The second-order valence-electron chi connectivity index (χ2n) is 20.3. The molecule has 0 unspecified atom stereocenters. The molecule has 4 N–H and O–H groups in total. The van der Waals surface area contributed by atoms with E-state index in [4.69, 9.17) is 13.8 Å². The molecule has 1 aliphatic heterocycles. The molecular formula is C49H68NO7PS4. The Morgan fingerprint density at radius 2 is 0.742 bits per heavy atom. The van der Waals surface area contributed by atoms with Gasteiger partial charge in [0.25, 0.3) is 0 Å². The van der Waals surface area contributed by atoms with Crippen LogP contribution in [-0.4, -0.2) is 47.0 Å². The van der Waals surface area contributed by atoms with E-state index in [-0.39, 0.29) is 58.7 Å². The normalized spacial score (nSPS) is 14.3. The number of phenolic OH excluding ortho intramolecular Hbond substituents is 3. The van der Waals surface area contributed by atoms with Crippen LogP contribution in [0, 0.1) is 0 Å².